The maximum Gasteiger partial charge on any atom is 0.255 e. The summed E-state index contributed by atoms with van der Waals surface area (Å²) >= 11 is 0. The van der Waals surface area contributed by atoms with Crippen LogP contribution in [0.2, 0.25) is 0 Å². The Bertz CT molecular complexity index is 1510. The van der Waals surface area contributed by atoms with Crippen molar-refractivity contribution in [2.75, 3.05) is 7.11 Å². The number of amides is 2. The Kier molecular flexibility index (Phi) is 6.98. The number of carbonyl (C=O) groups excluding carboxylic acids is 2. The zero-order chi connectivity index (χ0) is 27.0. The maximum atomic E-state index is 14.1. The number of carbonyl (C=O) groups is 2. The lowest BCUT2D eigenvalue weighted by atomic mass is 9.91. The summed E-state index contributed by atoms with van der Waals surface area (Å²) in [5, 5.41) is 4.23. The Morgan fingerprint density at radius 1 is 1.05 bits per heavy atom. The average molecular weight is 510 g/mol. The Balaban J connectivity index is 1.59. The first-order chi connectivity index (χ1) is 18.4. The molecule has 6 nitrogen and oxygen atoms in total. The highest BCUT2D eigenvalue weighted by Crippen LogP contribution is 2.45. The molecule has 1 aliphatic rings. The highest BCUT2D eigenvalue weighted by Gasteiger charge is 2.46. The number of para-hydroxylation sites is 1. The molecule has 196 valence electrons. The number of fused-ring (bicyclic) bond motifs is 2. The fourth-order valence-corrected chi connectivity index (χ4v) is 5.77. The Morgan fingerprint density at radius 2 is 1.79 bits per heavy atom. The van der Waals surface area contributed by atoms with Crippen molar-refractivity contribution < 1.29 is 14.3 Å². The van der Waals surface area contributed by atoms with Crippen molar-refractivity contribution in [1.82, 2.24) is 14.8 Å². The van der Waals surface area contributed by atoms with E-state index in [0.717, 1.165) is 45.5 Å². The number of nitrogens with zero attached hydrogens (tertiary/aromatic N) is 2. The van der Waals surface area contributed by atoms with Gasteiger partial charge in [0.05, 0.1) is 13.2 Å². The zero-order valence-electron chi connectivity index (χ0n) is 22.7. The van der Waals surface area contributed by atoms with Gasteiger partial charge in [-0.05, 0) is 48.2 Å². The summed E-state index contributed by atoms with van der Waals surface area (Å²) in [5.74, 6) is 0.453. The number of nitrogens with one attached hydrogen (secondary N) is 1. The minimum absolute atomic E-state index is 0.0450. The molecular weight excluding hydrogens is 474 g/mol. The second-order valence-corrected chi connectivity index (χ2v) is 10.2. The first-order valence-electron chi connectivity index (χ1n) is 13.2. The maximum absolute atomic E-state index is 14.1. The van der Waals surface area contributed by atoms with Crippen LogP contribution in [0, 0.1) is 12.8 Å². The summed E-state index contributed by atoms with van der Waals surface area (Å²) in [6.45, 7) is 6.58. The van der Waals surface area contributed by atoms with Crippen molar-refractivity contribution >= 4 is 22.7 Å². The number of aromatic nitrogens is 1. The average Bonchev–Trinajstić information content (AvgIpc) is 3.37. The molecule has 0 spiro atoms. The van der Waals surface area contributed by atoms with Crippen molar-refractivity contribution in [3.05, 3.63) is 101 Å². The van der Waals surface area contributed by atoms with Gasteiger partial charge < -0.3 is 19.5 Å². The molecule has 5 rings (SSSR count). The molecule has 0 bridgehead atoms. The van der Waals surface area contributed by atoms with Crippen LogP contribution in [0.5, 0.6) is 5.75 Å². The lowest BCUT2D eigenvalue weighted by Crippen LogP contribution is -2.52. The van der Waals surface area contributed by atoms with Gasteiger partial charge >= 0.3 is 0 Å². The summed E-state index contributed by atoms with van der Waals surface area (Å²) in [5.41, 5.74) is 5.84. The van der Waals surface area contributed by atoms with Crippen molar-refractivity contribution in [2.45, 2.75) is 45.8 Å². The minimum Gasteiger partial charge on any atom is -0.497 e. The predicted molar refractivity (Wildman–Crippen MR) is 150 cm³/mol. The summed E-state index contributed by atoms with van der Waals surface area (Å²) < 4.78 is 7.52. The standard InChI is InChI=1S/C32H35N3O3/c1-6-20(2)29(31(36)33-19-22-12-11-13-23(18-22)38-5)35-30(24-14-7-8-15-25(24)32(35)37)28-21(3)34(4)27-17-10-9-16-26(27)28/h7-18,20,29-30H,6,19H2,1-5H3,(H,33,36). The third-order valence-corrected chi connectivity index (χ3v) is 8.07. The predicted octanol–water partition coefficient (Wildman–Crippen LogP) is 5.77. The molecule has 6 heteroatoms. The van der Waals surface area contributed by atoms with Crippen molar-refractivity contribution in [1.29, 1.82) is 0 Å². The van der Waals surface area contributed by atoms with E-state index in [0.29, 0.717) is 12.1 Å². The van der Waals surface area contributed by atoms with E-state index in [1.807, 2.05) is 65.6 Å². The molecule has 3 aromatic carbocycles. The highest BCUT2D eigenvalue weighted by atomic mass is 16.5. The number of hydrogen-bond acceptors (Lipinski definition) is 3. The van der Waals surface area contributed by atoms with Crippen LogP contribution in [0.25, 0.3) is 10.9 Å². The molecule has 0 fully saturated rings. The third kappa shape index (κ3) is 4.24. The molecule has 0 radical (unpaired) electrons. The smallest absolute Gasteiger partial charge is 0.255 e. The van der Waals surface area contributed by atoms with Crippen LogP contribution >= 0.6 is 0 Å². The molecule has 1 aromatic heterocycles. The Morgan fingerprint density at radius 3 is 2.55 bits per heavy atom. The molecule has 4 aromatic rings. The molecule has 3 atom stereocenters. The number of ether oxygens (including phenoxy) is 1. The van der Waals surface area contributed by atoms with Crippen LogP contribution in [-0.4, -0.2) is 34.4 Å². The van der Waals surface area contributed by atoms with E-state index in [9.17, 15) is 9.59 Å². The van der Waals surface area contributed by atoms with Gasteiger partial charge in [-0.1, -0.05) is 68.8 Å². The van der Waals surface area contributed by atoms with Crippen LogP contribution in [-0.2, 0) is 18.4 Å². The first-order valence-corrected chi connectivity index (χ1v) is 13.2. The number of hydrogen-bond donors (Lipinski definition) is 1. The lowest BCUT2D eigenvalue weighted by Gasteiger charge is -2.36. The van der Waals surface area contributed by atoms with Gasteiger partial charge in [0, 0.05) is 41.3 Å². The van der Waals surface area contributed by atoms with Gasteiger partial charge in [-0.15, -0.1) is 0 Å². The fraction of sp³-hybridized carbons (Fsp3) is 0.312. The van der Waals surface area contributed by atoms with E-state index in [4.69, 9.17) is 4.74 Å². The van der Waals surface area contributed by atoms with Gasteiger partial charge in [-0.2, -0.15) is 0 Å². The molecule has 2 heterocycles. The van der Waals surface area contributed by atoms with Crippen molar-refractivity contribution in [3.63, 3.8) is 0 Å². The SMILES string of the molecule is CCC(C)C(C(=O)NCc1cccc(OC)c1)N1C(=O)c2ccccc2C1c1c(C)n(C)c2ccccc12. The van der Waals surface area contributed by atoms with Gasteiger partial charge in [0.15, 0.2) is 0 Å². The van der Waals surface area contributed by atoms with Crippen LogP contribution in [0.1, 0.15) is 59.1 Å². The molecule has 0 saturated carbocycles. The monoisotopic (exact) mass is 509 g/mol. The van der Waals surface area contributed by atoms with E-state index in [2.05, 4.69) is 49.8 Å². The number of methoxy groups -OCH3 is 1. The van der Waals surface area contributed by atoms with Crippen LogP contribution in [0.3, 0.4) is 0 Å². The molecule has 38 heavy (non-hydrogen) atoms. The molecule has 0 aliphatic carbocycles. The molecule has 1 N–H and O–H groups in total. The normalized spacial score (nSPS) is 16.4. The second-order valence-electron chi connectivity index (χ2n) is 10.2. The summed E-state index contributed by atoms with van der Waals surface area (Å²) in [6.07, 6.45) is 0.763. The van der Waals surface area contributed by atoms with E-state index in [-0.39, 0.29) is 23.8 Å². The molecule has 3 unspecified atom stereocenters. The summed E-state index contributed by atoms with van der Waals surface area (Å²) in [7, 11) is 3.68. The largest absolute Gasteiger partial charge is 0.497 e. The van der Waals surface area contributed by atoms with Crippen LogP contribution in [0.4, 0.5) is 0 Å². The van der Waals surface area contributed by atoms with Crippen LogP contribution in [0.15, 0.2) is 72.8 Å². The minimum atomic E-state index is -0.631. The summed E-state index contributed by atoms with van der Waals surface area (Å²) in [6, 6.07) is 22.7. The van der Waals surface area contributed by atoms with E-state index in [1.165, 1.54) is 0 Å². The first kappa shape index (κ1) is 25.6. The van der Waals surface area contributed by atoms with Gasteiger partial charge in [0.1, 0.15) is 11.8 Å². The quantitative estimate of drug-likeness (QED) is 0.328. The van der Waals surface area contributed by atoms with Crippen molar-refractivity contribution in [3.8, 4) is 5.75 Å². The van der Waals surface area contributed by atoms with Gasteiger partial charge in [-0.25, -0.2) is 0 Å². The Labute approximate surface area is 224 Å². The van der Waals surface area contributed by atoms with E-state index < -0.39 is 6.04 Å². The lowest BCUT2D eigenvalue weighted by molar-refractivity contribution is -0.128. The Hall–Kier alpha value is -4.06. The fourth-order valence-electron chi connectivity index (χ4n) is 5.77. The van der Waals surface area contributed by atoms with Gasteiger partial charge in [-0.3, -0.25) is 9.59 Å². The molecule has 0 saturated heterocycles. The van der Waals surface area contributed by atoms with Crippen LogP contribution < -0.4 is 10.1 Å². The third-order valence-electron chi connectivity index (χ3n) is 8.07. The number of benzene rings is 3. The van der Waals surface area contributed by atoms with E-state index in [1.54, 1.807) is 7.11 Å². The molecule has 2 amide bonds. The molecular formula is C32H35N3O3. The topological polar surface area (TPSA) is 63.6 Å². The van der Waals surface area contributed by atoms with E-state index >= 15 is 0 Å². The second kappa shape index (κ2) is 10.4. The van der Waals surface area contributed by atoms with Gasteiger partial charge in [0.25, 0.3) is 5.91 Å². The molecule has 1 aliphatic heterocycles. The highest BCUT2D eigenvalue weighted by molar-refractivity contribution is 6.03. The van der Waals surface area contributed by atoms with Crippen molar-refractivity contribution in [2.24, 2.45) is 13.0 Å². The summed E-state index contributed by atoms with van der Waals surface area (Å²) in [4.78, 5) is 29.9. The van der Waals surface area contributed by atoms with Gasteiger partial charge in [0.2, 0.25) is 5.91 Å². The zero-order valence-corrected chi connectivity index (χ0v) is 22.7. The number of rotatable bonds is 8. The number of aryl methyl sites for hydroxylation is 1.